The highest BCUT2D eigenvalue weighted by Crippen LogP contribution is 2.48. The van der Waals surface area contributed by atoms with Gasteiger partial charge in [0.1, 0.15) is 0 Å². The lowest BCUT2D eigenvalue weighted by Gasteiger charge is -2.32. The van der Waals surface area contributed by atoms with Crippen molar-refractivity contribution < 1.29 is 0 Å². The van der Waals surface area contributed by atoms with Crippen LogP contribution in [0.15, 0.2) is 12.3 Å². The molecule has 0 bridgehead atoms. The largest absolute Gasteiger partial charge is 0.357 e. The maximum absolute atomic E-state index is 4.44. The smallest absolute Gasteiger partial charge is 0.0493 e. The summed E-state index contributed by atoms with van der Waals surface area (Å²) in [6.45, 7) is 3.11. The van der Waals surface area contributed by atoms with E-state index in [2.05, 4.69) is 28.0 Å². The maximum atomic E-state index is 4.44. The molecular weight excluding hydrogens is 210 g/mol. The SMILES string of the molecule is Cc1cc2[nH]c3c(c2cn1)CC1(CC1)N(C)C3. The van der Waals surface area contributed by atoms with E-state index in [1.54, 1.807) is 0 Å². The fraction of sp³-hybridized carbons (Fsp3) is 0.500. The predicted octanol–water partition coefficient (Wildman–Crippen LogP) is 2.39. The normalized spacial score (nSPS) is 22.0. The van der Waals surface area contributed by atoms with E-state index in [9.17, 15) is 0 Å². The summed E-state index contributed by atoms with van der Waals surface area (Å²) in [5.74, 6) is 0. The van der Waals surface area contributed by atoms with Gasteiger partial charge in [-0.1, -0.05) is 0 Å². The molecule has 2 aliphatic rings. The highest BCUT2D eigenvalue weighted by atomic mass is 15.2. The predicted molar refractivity (Wildman–Crippen MR) is 68.0 cm³/mol. The molecule has 1 N–H and O–H groups in total. The lowest BCUT2D eigenvalue weighted by Crippen LogP contribution is -2.39. The minimum Gasteiger partial charge on any atom is -0.357 e. The number of aromatic amines is 1. The van der Waals surface area contributed by atoms with Crippen LogP contribution in [0.1, 0.15) is 29.8 Å². The van der Waals surface area contributed by atoms with Gasteiger partial charge in [0.25, 0.3) is 0 Å². The minimum atomic E-state index is 0.479. The molecule has 0 saturated heterocycles. The molecule has 3 heterocycles. The van der Waals surface area contributed by atoms with Gasteiger partial charge in [0.05, 0.1) is 0 Å². The second kappa shape index (κ2) is 2.91. The number of aromatic nitrogens is 2. The van der Waals surface area contributed by atoms with Crippen molar-refractivity contribution >= 4 is 10.9 Å². The fourth-order valence-corrected chi connectivity index (χ4v) is 3.21. The third-order valence-corrected chi connectivity index (χ3v) is 4.55. The van der Waals surface area contributed by atoms with Gasteiger partial charge in [-0.2, -0.15) is 0 Å². The summed E-state index contributed by atoms with van der Waals surface area (Å²) >= 11 is 0. The summed E-state index contributed by atoms with van der Waals surface area (Å²) in [5.41, 5.74) is 5.74. The summed E-state index contributed by atoms with van der Waals surface area (Å²) in [6, 6.07) is 2.16. The number of hydrogen-bond acceptors (Lipinski definition) is 2. The number of hydrogen-bond donors (Lipinski definition) is 1. The van der Waals surface area contributed by atoms with Gasteiger partial charge in [0.15, 0.2) is 0 Å². The van der Waals surface area contributed by atoms with Crippen LogP contribution in [0.2, 0.25) is 0 Å². The number of H-pyrrole nitrogens is 1. The Morgan fingerprint density at radius 3 is 3.00 bits per heavy atom. The molecule has 0 radical (unpaired) electrons. The van der Waals surface area contributed by atoms with Crippen molar-refractivity contribution in [2.75, 3.05) is 7.05 Å². The first-order valence-corrected chi connectivity index (χ1v) is 6.35. The molecule has 2 aromatic rings. The second-order valence-corrected chi connectivity index (χ2v) is 5.71. The van der Waals surface area contributed by atoms with Crippen molar-refractivity contribution in [3.05, 3.63) is 29.2 Å². The van der Waals surface area contributed by atoms with E-state index < -0.39 is 0 Å². The Hall–Kier alpha value is -1.35. The lowest BCUT2D eigenvalue weighted by atomic mass is 9.96. The van der Waals surface area contributed by atoms with Crippen molar-refractivity contribution in [3.8, 4) is 0 Å². The Morgan fingerprint density at radius 1 is 1.41 bits per heavy atom. The number of nitrogens with one attached hydrogen (secondary N) is 1. The number of nitrogens with zero attached hydrogens (tertiary/aromatic N) is 2. The zero-order chi connectivity index (χ0) is 11.6. The molecule has 3 heteroatoms. The van der Waals surface area contributed by atoms with E-state index >= 15 is 0 Å². The van der Waals surface area contributed by atoms with Crippen molar-refractivity contribution in [2.45, 2.75) is 38.3 Å². The Morgan fingerprint density at radius 2 is 2.24 bits per heavy atom. The van der Waals surface area contributed by atoms with Crippen LogP contribution in [0.5, 0.6) is 0 Å². The Labute approximate surface area is 101 Å². The first-order valence-electron chi connectivity index (χ1n) is 6.35. The third kappa shape index (κ3) is 1.23. The zero-order valence-electron chi connectivity index (χ0n) is 10.4. The molecule has 4 rings (SSSR count). The number of rotatable bonds is 0. The fourth-order valence-electron chi connectivity index (χ4n) is 3.21. The van der Waals surface area contributed by atoms with Crippen LogP contribution < -0.4 is 0 Å². The van der Waals surface area contributed by atoms with E-state index in [0.717, 1.165) is 12.2 Å². The highest BCUT2D eigenvalue weighted by molar-refractivity contribution is 5.84. The standard InChI is InChI=1S/C14H17N3/c1-9-5-12-11(7-15-9)10-6-14(3-4-14)17(2)8-13(10)16-12/h5,7,16H,3-4,6,8H2,1-2H3. The van der Waals surface area contributed by atoms with Crippen LogP contribution >= 0.6 is 0 Å². The van der Waals surface area contributed by atoms with Crippen molar-refractivity contribution in [1.82, 2.24) is 14.9 Å². The number of likely N-dealkylation sites (N-methyl/N-ethyl adjacent to an activating group) is 1. The van der Waals surface area contributed by atoms with Crippen LogP contribution in [0.4, 0.5) is 0 Å². The van der Waals surface area contributed by atoms with E-state index in [1.807, 2.05) is 13.1 Å². The van der Waals surface area contributed by atoms with E-state index in [1.165, 1.54) is 41.4 Å². The molecule has 0 unspecified atom stereocenters. The maximum Gasteiger partial charge on any atom is 0.0493 e. The Bertz CT molecular complexity index is 607. The Kier molecular flexibility index (Phi) is 1.65. The monoisotopic (exact) mass is 227 g/mol. The summed E-state index contributed by atoms with van der Waals surface area (Å²) < 4.78 is 0. The van der Waals surface area contributed by atoms with Crippen molar-refractivity contribution in [2.24, 2.45) is 0 Å². The molecule has 1 spiro atoms. The van der Waals surface area contributed by atoms with E-state index in [4.69, 9.17) is 0 Å². The van der Waals surface area contributed by atoms with Gasteiger partial charge in [-0.15, -0.1) is 0 Å². The third-order valence-electron chi connectivity index (χ3n) is 4.55. The van der Waals surface area contributed by atoms with Gasteiger partial charge < -0.3 is 4.98 Å². The summed E-state index contributed by atoms with van der Waals surface area (Å²) in [7, 11) is 2.25. The molecule has 1 saturated carbocycles. The number of pyridine rings is 1. The molecule has 88 valence electrons. The molecule has 1 aliphatic heterocycles. The van der Waals surface area contributed by atoms with Gasteiger partial charge in [-0.25, -0.2) is 0 Å². The number of fused-ring (bicyclic) bond motifs is 3. The van der Waals surface area contributed by atoms with Crippen LogP contribution in [0.3, 0.4) is 0 Å². The summed E-state index contributed by atoms with van der Waals surface area (Å²) in [6.07, 6.45) is 5.95. The lowest BCUT2D eigenvalue weighted by molar-refractivity contribution is 0.193. The first kappa shape index (κ1) is 9.66. The van der Waals surface area contributed by atoms with Gasteiger partial charge in [0.2, 0.25) is 0 Å². The summed E-state index contributed by atoms with van der Waals surface area (Å²) in [4.78, 5) is 10.5. The quantitative estimate of drug-likeness (QED) is 0.749. The first-order chi connectivity index (χ1) is 8.18. The van der Waals surface area contributed by atoms with Gasteiger partial charge in [0, 0.05) is 40.6 Å². The zero-order valence-corrected chi connectivity index (χ0v) is 10.4. The highest BCUT2D eigenvalue weighted by Gasteiger charge is 2.49. The van der Waals surface area contributed by atoms with E-state index in [-0.39, 0.29) is 0 Å². The molecule has 1 fully saturated rings. The molecule has 0 aromatic carbocycles. The Balaban J connectivity index is 1.93. The molecule has 1 aliphatic carbocycles. The molecule has 0 amide bonds. The van der Waals surface area contributed by atoms with Gasteiger partial charge in [-0.3, -0.25) is 9.88 Å². The molecule has 17 heavy (non-hydrogen) atoms. The average molecular weight is 227 g/mol. The number of aryl methyl sites for hydroxylation is 1. The van der Waals surface area contributed by atoms with Crippen molar-refractivity contribution in [1.29, 1.82) is 0 Å². The van der Waals surface area contributed by atoms with Crippen LogP contribution in [-0.2, 0) is 13.0 Å². The van der Waals surface area contributed by atoms with Gasteiger partial charge >= 0.3 is 0 Å². The molecule has 0 atom stereocenters. The molecule has 2 aromatic heterocycles. The summed E-state index contributed by atoms with van der Waals surface area (Å²) in [5, 5.41) is 1.34. The minimum absolute atomic E-state index is 0.479. The van der Waals surface area contributed by atoms with Crippen molar-refractivity contribution in [3.63, 3.8) is 0 Å². The van der Waals surface area contributed by atoms with Crippen LogP contribution in [0.25, 0.3) is 10.9 Å². The average Bonchev–Trinajstić information content (AvgIpc) is 2.98. The topological polar surface area (TPSA) is 31.9 Å². The van der Waals surface area contributed by atoms with Gasteiger partial charge in [-0.05, 0) is 44.9 Å². The van der Waals surface area contributed by atoms with E-state index in [0.29, 0.717) is 5.54 Å². The molecule has 3 nitrogen and oxygen atoms in total. The molecular formula is C14H17N3. The van der Waals surface area contributed by atoms with Crippen LogP contribution in [-0.4, -0.2) is 27.5 Å². The second-order valence-electron chi connectivity index (χ2n) is 5.71. The van der Waals surface area contributed by atoms with Crippen LogP contribution in [0, 0.1) is 6.92 Å².